The van der Waals surface area contributed by atoms with Gasteiger partial charge in [0.15, 0.2) is 0 Å². The van der Waals surface area contributed by atoms with Gasteiger partial charge in [0.2, 0.25) is 0 Å². The van der Waals surface area contributed by atoms with Crippen molar-refractivity contribution in [1.82, 2.24) is 5.32 Å². The van der Waals surface area contributed by atoms with Crippen LogP contribution in [0.1, 0.15) is 12.0 Å². The monoisotopic (exact) mass is 177 g/mol. The molecular weight excluding hydrogens is 162 g/mol. The summed E-state index contributed by atoms with van der Waals surface area (Å²) in [5, 5.41) is 12.6. The van der Waals surface area contributed by atoms with Gasteiger partial charge in [-0.25, -0.2) is 0 Å². The van der Waals surface area contributed by atoms with E-state index in [9.17, 15) is 5.11 Å². The highest BCUT2D eigenvalue weighted by molar-refractivity contribution is 5.31. The van der Waals surface area contributed by atoms with Gasteiger partial charge in [-0.15, -0.1) is 6.58 Å². The molecule has 0 unspecified atom stereocenters. The summed E-state index contributed by atoms with van der Waals surface area (Å²) in [6.07, 6.45) is 2.82. The Bertz CT molecular complexity index is 271. The molecule has 0 aliphatic heterocycles. The van der Waals surface area contributed by atoms with Crippen LogP contribution < -0.4 is 5.32 Å². The fourth-order valence-electron chi connectivity index (χ4n) is 1.09. The highest BCUT2D eigenvalue weighted by Crippen LogP contribution is 2.14. The molecule has 0 fully saturated rings. The van der Waals surface area contributed by atoms with E-state index in [0.29, 0.717) is 12.3 Å². The van der Waals surface area contributed by atoms with Gasteiger partial charge in [0.1, 0.15) is 5.75 Å². The molecule has 0 atom stereocenters. The molecule has 0 aliphatic carbocycles. The molecule has 2 N–H and O–H groups in total. The van der Waals surface area contributed by atoms with Crippen molar-refractivity contribution < 1.29 is 5.11 Å². The number of hydrogen-bond acceptors (Lipinski definition) is 2. The minimum atomic E-state index is 0.355. The molecule has 1 rings (SSSR count). The lowest BCUT2D eigenvalue weighted by molar-refractivity contribution is 0.464. The smallest absolute Gasteiger partial charge is 0.120 e. The second-order valence-electron chi connectivity index (χ2n) is 2.88. The minimum absolute atomic E-state index is 0.355. The van der Waals surface area contributed by atoms with Crippen molar-refractivity contribution in [2.75, 3.05) is 6.54 Å². The van der Waals surface area contributed by atoms with Crippen LogP contribution in [0.15, 0.2) is 36.9 Å². The predicted octanol–water partition coefficient (Wildman–Crippen LogP) is 2.06. The predicted molar refractivity (Wildman–Crippen MR) is 54.6 cm³/mol. The van der Waals surface area contributed by atoms with E-state index < -0.39 is 0 Å². The number of benzene rings is 1. The number of nitrogens with one attached hydrogen (secondary N) is 1. The molecule has 0 saturated carbocycles. The van der Waals surface area contributed by atoms with Crippen LogP contribution in [0.3, 0.4) is 0 Å². The van der Waals surface area contributed by atoms with Crippen molar-refractivity contribution in [2.45, 2.75) is 13.0 Å². The third kappa shape index (κ3) is 3.30. The average Bonchev–Trinajstić information content (AvgIpc) is 2.15. The van der Waals surface area contributed by atoms with Gasteiger partial charge in [0.05, 0.1) is 0 Å². The number of phenolic OH excluding ortho intramolecular Hbond substituents is 1. The van der Waals surface area contributed by atoms with Crippen molar-refractivity contribution in [1.29, 1.82) is 0 Å². The summed E-state index contributed by atoms with van der Waals surface area (Å²) >= 11 is 0. The standard InChI is InChI=1S/C11H15NO/c1-2-3-8-12-9-10-6-4-5-7-11(10)13/h2,4-7,12-13H,1,3,8-9H2. The first-order valence-corrected chi connectivity index (χ1v) is 4.43. The number of hydrogen-bond donors (Lipinski definition) is 2. The molecule has 0 bridgehead atoms. The minimum Gasteiger partial charge on any atom is -0.508 e. The zero-order valence-corrected chi connectivity index (χ0v) is 7.66. The Kier molecular flexibility index (Phi) is 4.06. The molecule has 13 heavy (non-hydrogen) atoms. The van der Waals surface area contributed by atoms with Gasteiger partial charge < -0.3 is 10.4 Å². The Morgan fingerprint density at radius 3 is 2.85 bits per heavy atom. The summed E-state index contributed by atoms with van der Waals surface area (Å²) in [5.41, 5.74) is 0.937. The summed E-state index contributed by atoms with van der Waals surface area (Å²) in [6.45, 7) is 5.24. The lowest BCUT2D eigenvalue weighted by Crippen LogP contribution is -2.13. The van der Waals surface area contributed by atoms with E-state index >= 15 is 0 Å². The fourth-order valence-corrected chi connectivity index (χ4v) is 1.09. The maximum Gasteiger partial charge on any atom is 0.120 e. The van der Waals surface area contributed by atoms with E-state index in [4.69, 9.17) is 0 Å². The van der Waals surface area contributed by atoms with Gasteiger partial charge in [-0.05, 0) is 19.0 Å². The van der Waals surface area contributed by atoms with Crippen LogP contribution in [0.5, 0.6) is 5.75 Å². The molecule has 0 spiro atoms. The molecule has 0 aromatic heterocycles. The second kappa shape index (κ2) is 5.38. The van der Waals surface area contributed by atoms with Gasteiger partial charge in [0.25, 0.3) is 0 Å². The maximum atomic E-state index is 9.41. The average molecular weight is 177 g/mol. The quantitative estimate of drug-likeness (QED) is 0.533. The van der Waals surface area contributed by atoms with E-state index in [2.05, 4.69) is 11.9 Å². The van der Waals surface area contributed by atoms with E-state index in [-0.39, 0.29) is 0 Å². The first-order chi connectivity index (χ1) is 6.34. The van der Waals surface area contributed by atoms with Crippen molar-refractivity contribution >= 4 is 0 Å². The molecule has 2 heteroatoms. The summed E-state index contributed by atoms with van der Waals surface area (Å²) in [5.74, 6) is 0.355. The van der Waals surface area contributed by atoms with Crippen molar-refractivity contribution in [3.05, 3.63) is 42.5 Å². The van der Waals surface area contributed by atoms with Gasteiger partial charge >= 0.3 is 0 Å². The van der Waals surface area contributed by atoms with E-state index in [1.807, 2.05) is 24.3 Å². The Balaban J connectivity index is 2.36. The lowest BCUT2D eigenvalue weighted by atomic mass is 10.2. The number of rotatable bonds is 5. The zero-order valence-electron chi connectivity index (χ0n) is 7.66. The van der Waals surface area contributed by atoms with Crippen molar-refractivity contribution in [3.8, 4) is 5.75 Å². The maximum absolute atomic E-state index is 9.41. The third-order valence-electron chi connectivity index (χ3n) is 1.83. The highest BCUT2D eigenvalue weighted by Gasteiger charge is 1.96. The third-order valence-corrected chi connectivity index (χ3v) is 1.83. The fraction of sp³-hybridized carbons (Fsp3) is 0.273. The topological polar surface area (TPSA) is 32.3 Å². The largest absolute Gasteiger partial charge is 0.508 e. The highest BCUT2D eigenvalue weighted by atomic mass is 16.3. The molecular formula is C11H15NO. The molecule has 0 heterocycles. The normalized spacial score (nSPS) is 9.85. The van der Waals surface area contributed by atoms with Gasteiger partial charge in [-0.3, -0.25) is 0 Å². The van der Waals surface area contributed by atoms with Gasteiger partial charge in [-0.1, -0.05) is 24.3 Å². The van der Waals surface area contributed by atoms with Crippen LogP contribution in [0.4, 0.5) is 0 Å². The Labute approximate surface area is 78.9 Å². The van der Waals surface area contributed by atoms with Gasteiger partial charge in [0, 0.05) is 12.1 Å². The first-order valence-electron chi connectivity index (χ1n) is 4.43. The molecule has 0 radical (unpaired) electrons. The molecule has 0 saturated heterocycles. The van der Waals surface area contributed by atoms with E-state index in [0.717, 1.165) is 18.5 Å². The van der Waals surface area contributed by atoms with E-state index in [1.165, 1.54) is 0 Å². The first kappa shape index (κ1) is 9.81. The van der Waals surface area contributed by atoms with Crippen molar-refractivity contribution in [3.63, 3.8) is 0 Å². The Hall–Kier alpha value is -1.28. The molecule has 1 aromatic rings. The number of phenols is 1. The number of para-hydroxylation sites is 1. The summed E-state index contributed by atoms with van der Waals surface area (Å²) in [4.78, 5) is 0. The Morgan fingerprint density at radius 1 is 1.38 bits per heavy atom. The van der Waals surface area contributed by atoms with Crippen molar-refractivity contribution in [2.24, 2.45) is 0 Å². The van der Waals surface area contributed by atoms with Crippen LogP contribution in [0, 0.1) is 0 Å². The molecule has 2 nitrogen and oxygen atoms in total. The molecule has 0 amide bonds. The summed E-state index contributed by atoms with van der Waals surface area (Å²) in [7, 11) is 0. The lowest BCUT2D eigenvalue weighted by Gasteiger charge is -2.04. The van der Waals surface area contributed by atoms with Crippen LogP contribution in [0.25, 0.3) is 0 Å². The summed E-state index contributed by atoms with van der Waals surface area (Å²) < 4.78 is 0. The molecule has 0 aliphatic rings. The second-order valence-corrected chi connectivity index (χ2v) is 2.88. The van der Waals surface area contributed by atoms with Crippen LogP contribution >= 0.6 is 0 Å². The summed E-state index contributed by atoms with van der Waals surface area (Å²) in [6, 6.07) is 7.35. The van der Waals surface area contributed by atoms with E-state index in [1.54, 1.807) is 6.07 Å². The molecule has 70 valence electrons. The number of aromatic hydroxyl groups is 1. The Morgan fingerprint density at radius 2 is 2.15 bits per heavy atom. The zero-order chi connectivity index (χ0) is 9.52. The van der Waals surface area contributed by atoms with Crippen LogP contribution in [-0.2, 0) is 6.54 Å². The van der Waals surface area contributed by atoms with Gasteiger partial charge in [-0.2, -0.15) is 0 Å². The molecule has 1 aromatic carbocycles. The SMILES string of the molecule is C=CCCNCc1ccccc1O. The van der Waals surface area contributed by atoms with Crippen LogP contribution in [0.2, 0.25) is 0 Å². The van der Waals surface area contributed by atoms with Crippen LogP contribution in [-0.4, -0.2) is 11.7 Å².